The molecule has 1 aliphatic heterocycles. The fraction of sp³-hybridized carbons (Fsp3) is 0.389. The van der Waals surface area contributed by atoms with Gasteiger partial charge in [-0.2, -0.15) is 0 Å². The van der Waals surface area contributed by atoms with E-state index in [9.17, 15) is 13.2 Å². The van der Waals surface area contributed by atoms with Crippen LogP contribution in [0.25, 0.3) is 0 Å². The minimum absolute atomic E-state index is 0.0475. The number of nitrogens with zero attached hydrogens (tertiary/aromatic N) is 1. The topological polar surface area (TPSA) is 66.5 Å². The molecule has 5 nitrogen and oxygen atoms in total. The zero-order chi connectivity index (χ0) is 18.0. The highest BCUT2D eigenvalue weighted by Crippen LogP contribution is 2.27. The lowest BCUT2D eigenvalue weighted by Crippen LogP contribution is -2.48. The van der Waals surface area contributed by atoms with Crippen molar-refractivity contribution in [3.63, 3.8) is 0 Å². The van der Waals surface area contributed by atoms with E-state index >= 15 is 0 Å². The minimum Gasteiger partial charge on any atom is -0.329 e. The summed E-state index contributed by atoms with van der Waals surface area (Å²) in [6.45, 7) is 4.14. The first-order chi connectivity index (χ1) is 11.9. The van der Waals surface area contributed by atoms with E-state index in [1.807, 2.05) is 4.90 Å². The van der Waals surface area contributed by atoms with Crippen molar-refractivity contribution < 1.29 is 13.2 Å². The molecule has 1 atom stereocenters. The van der Waals surface area contributed by atoms with E-state index < -0.39 is 9.84 Å². The molecule has 0 spiro atoms. The standard InChI is InChI=1S/C18H22N2O3S2/c1-3-13-4-6-14(7-5-13)16-11-19-8-9-20(16)18(21)15-10-17(24-12-15)25(2,22)23/h4-7,10,12,16,19H,3,8-9,11H2,1-2H3. The lowest BCUT2D eigenvalue weighted by atomic mass is 10.0. The third kappa shape index (κ3) is 3.94. The zero-order valence-corrected chi connectivity index (χ0v) is 16.0. The first-order valence-electron chi connectivity index (χ1n) is 8.29. The first kappa shape index (κ1) is 18.1. The molecule has 1 amide bonds. The van der Waals surface area contributed by atoms with Crippen molar-refractivity contribution in [2.75, 3.05) is 25.9 Å². The molecular weight excluding hydrogens is 356 g/mol. The number of carbonyl (C=O) groups is 1. The van der Waals surface area contributed by atoms with Crippen molar-refractivity contribution in [2.24, 2.45) is 0 Å². The summed E-state index contributed by atoms with van der Waals surface area (Å²) in [6, 6.07) is 9.78. The first-order valence-corrected chi connectivity index (χ1v) is 11.1. The normalized spacial score (nSPS) is 18.3. The molecule has 1 N–H and O–H groups in total. The zero-order valence-electron chi connectivity index (χ0n) is 14.4. The molecule has 1 fully saturated rings. The number of benzene rings is 1. The van der Waals surface area contributed by atoms with E-state index in [0.717, 1.165) is 36.1 Å². The van der Waals surface area contributed by atoms with Crippen LogP contribution in [0.5, 0.6) is 0 Å². The van der Waals surface area contributed by atoms with Gasteiger partial charge in [0.25, 0.3) is 5.91 Å². The van der Waals surface area contributed by atoms with Gasteiger partial charge in [-0.05, 0) is 23.6 Å². The van der Waals surface area contributed by atoms with Crippen LogP contribution in [0.2, 0.25) is 0 Å². The number of sulfone groups is 1. The summed E-state index contributed by atoms with van der Waals surface area (Å²) in [7, 11) is -3.28. The van der Waals surface area contributed by atoms with Gasteiger partial charge in [-0.15, -0.1) is 11.3 Å². The SMILES string of the molecule is CCc1ccc(C2CNCCN2C(=O)c2csc(S(C)(=O)=O)c2)cc1. The van der Waals surface area contributed by atoms with Crippen LogP contribution in [0.4, 0.5) is 0 Å². The number of carbonyl (C=O) groups excluding carboxylic acids is 1. The van der Waals surface area contributed by atoms with Gasteiger partial charge in [-0.3, -0.25) is 4.79 Å². The van der Waals surface area contributed by atoms with Gasteiger partial charge in [0.2, 0.25) is 0 Å². The van der Waals surface area contributed by atoms with Crippen molar-refractivity contribution in [1.82, 2.24) is 10.2 Å². The Balaban J connectivity index is 1.87. The number of thiophene rings is 1. The molecule has 0 radical (unpaired) electrons. The predicted octanol–water partition coefficient (Wildman–Crippen LogP) is 2.50. The predicted molar refractivity (Wildman–Crippen MR) is 99.9 cm³/mol. The van der Waals surface area contributed by atoms with Gasteiger partial charge in [0.15, 0.2) is 9.84 Å². The molecule has 7 heteroatoms. The maximum absolute atomic E-state index is 13.0. The van der Waals surface area contributed by atoms with Crippen molar-refractivity contribution in [3.05, 3.63) is 52.4 Å². The maximum atomic E-state index is 13.0. The summed E-state index contributed by atoms with van der Waals surface area (Å²) in [6.07, 6.45) is 2.14. The molecule has 1 aliphatic rings. The van der Waals surface area contributed by atoms with Crippen LogP contribution < -0.4 is 5.32 Å². The van der Waals surface area contributed by atoms with Gasteiger partial charge in [-0.25, -0.2) is 8.42 Å². The smallest absolute Gasteiger partial charge is 0.255 e. The van der Waals surface area contributed by atoms with E-state index in [0.29, 0.717) is 18.7 Å². The van der Waals surface area contributed by atoms with Crippen molar-refractivity contribution >= 4 is 27.1 Å². The Morgan fingerprint density at radius 3 is 2.64 bits per heavy atom. The molecule has 0 bridgehead atoms. The summed E-state index contributed by atoms with van der Waals surface area (Å²) >= 11 is 1.10. The second-order valence-corrected chi connectivity index (χ2v) is 9.39. The highest BCUT2D eigenvalue weighted by molar-refractivity contribution is 7.92. The van der Waals surface area contributed by atoms with E-state index in [1.165, 1.54) is 11.6 Å². The van der Waals surface area contributed by atoms with E-state index in [1.54, 1.807) is 5.38 Å². The summed E-state index contributed by atoms with van der Waals surface area (Å²) in [4.78, 5) is 14.8. The summed E-state index contributed by atoms with van der Waals surface area (Å²) in [5, 5.41) is 4.98. The Hall–Kier alpha value is -1.70. The minimum atomic E-state index is -3.28. The average molecular weight is 379 g/mol. The number of hydrogen-bond acceptors (Lipinski definition) is 5. The number of piperazine rings is 1. The van der Waals surface area contributed by atoms with Crippen LogP contribution in [0.1, 0.15) is 34.5 Å². The number of hydrogen-bond donors (Lipinski definition) is 1. The molecule has 1 saturated heterocycles. The molecule has 0 saturated carbocycles. The lowest BCUT2D eigenvalue weighted by Gasteiger charge is -2.36. The van der Waals surface area contributed by atoms with E-state index in [2.05, 4.69) is 36.5 Å². The Kier molecular flexibility index (Phi) is 5.27. The van der Waals surface area contributed by atoms with E-state index in [-0.39, 0.29) is 16.2 Å². The number of aryl methyl sites for hydroxylation is 1. The second kappa shape index (κ2) is 7.27. The van der Waals surface area contributed by atoms with Crippen LogP contribution in [0.15, 0.2) is 39.9 Å². The molecule has 2 heterocycles. The fourth-order valence-corrected chi connectivity index (χ4v) is 4.80. The molecule has 0 aliphatic carbocycles. The maximum Gasteiger partial charge on any atom is 0.255 e. The van der Waals surface area contributed by atoms with Crippen LogP contribution in [-0.4, -0.2) is 45.1 Å². The molecule has 134 valence electrons. The molecule has 1 aromatic carbocycles. The number of amides is 1. The fourth-order valence-electron chi connectivity index (χ4n) is 3.01. The van der Waals surface area contributed by atoms with Crippen LogP contribution in [0.3, 0.4) is 0 Å². The monoisotopic (exact) mass is 378 g/mol. The molecule has 1 unspecified atom stereocenters. The average Bonchev–Trinajstić information content (AvgIpc) is 3.12. The molecule has 1 aromatic heterocycles. The molecule has 3 rings (SSSR count). The van der Waals surface area contributed by atoms with Crippen LogP contribution >= 0.6 is 11.3 Å². The third-order valence-electron chi connectivity index (χ3n) is 4.46. The van der Waals surface area contributed by atoms with Crippen LogP contribution in [-0.2, 0) is 16.3 Å². The Morgan fingerprint density at radius 1 is 1.32 bits per heavy atom. The van der Waals surface area contributed by atoms with Crippen molar-refractivity contribution in [2.45, 2.75) is 23.6 Å². The van der Waals surface area contributed by atoms with Gasteiger partial charge in [0.1, 0.15) is 4.21 Å². The number of nitrogens with one attached hydrogen (secondary N) is 1. The Bertz CT molecular complexity index is 857. The summed E-state index contributed by atoms with van der Waals surface area (Å²) in [5.74, 6) is -0.114. The number of rotatable bonds is 4. The van der Waals surface area contributed by atoms with E-state index in [4.69, 9.17) is 0 Å². The Morgan fingerprint density at radius 2 is 2.04 bits per heavy atom. The third-order valence-corrected chi connectivity index (χ3v) is 7.23. The van der Waals surface area contributed by atoms with Gasteiger partial charge in [0, 0.05) is 31.3 Å². The van der Waals surface area contributed by atoms with Gasteiger partial charge in [-0.1, -0.05) is 31.2 Å². The lowest BCUT2D eigenvalue weighted by molar-refractivity contribution is 0.0635. The van der Waals surface area contributed by atoms with Gasteiger partial charge < -0.3 is 10.2 Å². The van der Waals surface area contributed by atoms with Gasteiger partial charge >= 0.3 is 0 Å². The quantitative estimate of drug-likeness (QED) is 0.888. The van der Waals surface area contributed by atoms with Gasteiger partial charge in [0.05, 0.1) is 11.6 Å². The largest absolute Gasteiger partial charge is 0.329 e. The summed E-state index contributed by atoms with van der Waals surface area (Å²) < 4.78 is 23.6. The highest BCUT2D eigenvalue weighted by Gasteiger charge is 2.29. The molecular formula is C18H22N2O3S2. The summed E-state index contributed by atoms with van der Waals surface area (Å²) in [5.41, 5.74) is 2.81. The Labute approximate surface area is 152 Å². The second-order valence-electron chi connectivity index (χ2n) is 6.24. The molecule has 25 heavy (non-hydrogen) atoms. The van der Waals surface area contributed by atoms with Crippen molar-refractivity contribution in [1.29, 1.82) is 0 Å². The highest BCUT2D eigenvalue weighted by atomic mass is 32.2. The van der Waals surface area contributed by atoms with Crippen LogP contribution in [0, 0.1) is 0 Å². The molecule has 2 aromatic rings. The van der Waals surface area contributed by atoms with Crippen molar-refractivity contribution in [3.8, 4) is 0 Å².